The number of nitrogens with zero attached hydrogens (tertiary/aromatic N) is 1. The van der Waals surface area contributed by atoms with Gasteiger partial charge in [-0.05, 0) is 31.2 Å². The molecule has 100 valence electrons. The number of carboxylic acids is 1. The van der Waals surface area contributed by atoms with Crippen molar-refractivity contribution < 1.29 is 15.0 Å². The number of hydrogen-bond donors (Lipinski definition) is 3. The number of nitrogens with one attached hydrogen (secondary N) is 1. The Hall–Kier alpha value is -2.34. The Morgan fingerprint density at radius 3 is 2.47 bits per heavy atom. The third kappa shape index (κ3) is 2.43. The summed E-state index contributed by atoms with van der Waals surface area (Å²) in [5.41, 5.74) is 1.72. The molecule has 1 aromatic heterocycles. The van der Waals surface area contributed by atoms with E-state index in [9.17, 15) is 9.59 Å². The maximum atomic E-state index is 12.1. The van der Waals surface area contributed by atoms with E-state index in [0.717, 1.165) is 0 Å². The van der Waals surface area contributed by atoms with Crippen molar-refractivity contribution >= 4 is 5.97 Å². The molecule has 0 aliphatic carbocycles. The second-order valence-electron chi connectivity index (χ2n) is 4.18. The zero-order valence-corrected chi connectivity index (χ0v) is 10.4. The molecular formula is C13H14N2O4. The van der Waals surface area contributed by atoms with Gasteiger partial charge in [-0.2, -0.15) is 0 Å². The van der Waals surface area contributed by atoms with Gasteiger partial charge in [0.2, 0.25) is 0 Å². The van der Waals surface area contributed by atoms with E-state index in [1.54, 1.807) is 19.1 Å². The van der Waals surface area contributed by atoms with Crippen LogP contribution in [0.5, 0.6) is 0 Å². The number of aromatic amines is 1. The Morgan fingerprint density at radius 2 is 1.95 bits per heavy atom. The first-order valence-corrected chi connectivity index (χ1v) is 5.79. The van der Waals surface area contributed by atoms with Gasteiger partial charge in [0, 0.05) is 24.3 Å². The van der Waals surface area contributed by atoms with E-state index in [1.165, 1.54) is 16.8 Å². The van der Waals surface area contributed by atoms with Crippen LogP contribution < -0.4 is 5.56 Å². The van der Waals surface area contributed by atoms with Crippen molar-refractivity contribution in [2.24, 2.45) is 0 Å². The number of aliphatic hydroxyl groups is 1. The van der Waals surface area contributed by atoms with Gasteiger partial charge in [-0.15, -0.1) is 0 Å². The van der Waals surface area contributed by atoms with Crippen LogP contribution in [-0.4, -0.2) is 32.6 Å². The molecule has 2 rings (SSSR count). The normalized spacial score (nSPS) is 10.6. The Morgan fingerprint density at radius 1 is 1.32 bits per heavy atom. The summed E-state index contributed by atoms with van der Waals surface area (Å²) in [5, 5.41) is 20.6. The summed E-state index contributed by atoms with van der Waals surface area (Å²) in [6.07, 6.45) is 0.293. The third-order valence-corrected chi connectivity index (χ3v) is 2.93. The monoisotopic (exact) mass is 262 g/mol. The van der Waals surface area contributed by atoms with Crippen LogP contribution in [0.4, 0.5) is 0 Å². The molecule has 6 heteroatoms. The summed E-state index contributed by atoms with van der Waals surface area (Å²) in [4.78, 5) is 22.9. The SMILES string of the molecule is Cc1[nH]n(-c2ccc(C(=O)O)cc2)c(=O)c1CCO. The average molecular weight is 262 g/mol. The fourth-order valence-corrected chi connectivity index (χ4v) is 1.92. The summed E-state index contributed by atoms with van der Waals surface area (Å²) < 4.78 is 1.34. The van der Waals surface area contributed by atoms with E-state index < -0.39 is 5.97 Å². The number of aromatic nitrogens is 2. The molecule has 0 amide bonds. The van der Waals surface area contributed by atoms with Gasteiger partial charge in [0.15, 0.2) is 0 Å². The van der Waals surface area contributed by atoms with Crippen LogP contribution in [0.1, 0.15) is 21.6 Å². The van der Waals surface area contributed by atoms with Crippen molar-refractivity contribution in [1.29, 1.82) is 0 Å². The topological polar surface area (TPSA) is 95.3 Å². The molecule has 0 fully saturated rings. The van der Waals surface area contributed by atoms with E-state index in [4.69, 9.17) is 10.2 Å². The average Bonchev–Trinajstić information content (AvgIpc) is 2.67. The van der Waals surface area contributed by atoms with Crippen LogP contribution >= 0.6 is 0 Å². The first-order valence-electron chi connectivity index (χ1n) is 5.79. The van der Waals surface area contributed by atoms with E-state index in [2.05, 4.69) is 5.10 Å². The number of aromatic carboxylic acids is 1. The molecule has 0 aliphatic rings. The zero-order chi connectivity index (χ0) is 14.0. The van der Waals surface area contributed by atoms with Crippen LogP contribution in [0.15, 0.2) is 29.1 Å². The standard InChI is InChI=1S/C13H14N2O4/c1-8-11(6-7-16)12(17)15(14-8)10-4-2-9(3-5-10)13(18)19/h2-5,14,16H,6-7H2,1H3,(H,18,19). The lowest BCUT2D eigenvalue weighted by molar-refractivity contribution is 0.0697. The molecule has 1 aromatic carbocycles. The summed E-state index contributed by atoms with van der Waals surface area (Å²) in [6, 6.07) is 5.99. The Bertz CT molecular complexity index is 652. The van der Waals surface area contributed by atoms with Gasteiger partial charge >= 0.3 is 5.97 Å². The highest BCUT2D eigenvalue weighted by molar-refractivity contribution is 5.87. The number of benzene rings is 1. The minimum absolute atomic E-state index is 0.0914. The zero-order valence-electron chi connectivity index (χ0n) is 10.4. The highest BCUT2D eigenvalue weighted by atomic mass is 16.4. The van der Waals surface area contributed by atoms with Crippen molar-refractivity contribution in [2.75, 3.05) is 6.61 Å². The van der Waals surface area contributed by atoms with E-state index in [-0.39, 0.29) is 17.7 Å². The number of aliphatic hydroxyl groups excluding tert-OH is 1. The molecule has 1 heterocycles. The van der Waals surface area contributed by atoms with Gasteiger partial charge in [0.05, 0.1) is 11.3 Å². The quantitative estimate of drug-likeness (QED) is 0.756. The number of aryl methyl sites for hydroxylation is 1. The smallest absolute Gasteiger partial charge is 0.335 e. The largest absolute Gasteiger partial charge is 0.478 e. The third-order valence-electron chi connectivity index (χ3n) is 2.93. The number of H-pyrrole nitrogens is 1. The highest BCUT2D eigenvalue weighted by Gasteiger charge is 2.12. The molecule has 0 saturated carbocycles. The van der Waals surface area contributed by atoms with Crippen molar-refractivity contribution in [3.63, 3.8) is 0 Å². The van der Waals surface area contributed by atoms with Gasteiger partial charge in [-0.25, -0.2) is 9.48 Å². The van der Waals surface area contributed by atoms with E-state index >= 15 is 0 Å². The summed E-state index contributed by atoms with van der Waals surface area (Å²) in [6.45, 7) is 1.67. The molecule has 2 aromatic rings. The number of carboxylic acid groups (broad SMARTS) is 1. The van der Waals surface area contributed by atoms with Crippen LogP contribution in [0.3, 0.4) is 0 Å². The van der Waals surface area contributed by atoms with Gasteiger partial charge in [0.25, 0.3) is 5.56 Å². The second kappa shape index (κ2) is 5.11. The van der Waals surface area contributed by atoms with Crippen LogP contribution in [0.2, 0.25) is 0 Å². The number of rotatable bonds is 4. The molecule has 0 unspecified atom stereocenters. The molecule has 6 nitrogen and oxygen atoms in total. The Balaban J connectivity index is 2.45. The number of hydrogen-bond acceptors (Lipinski definition) is 3. The fraction of sp³-hybridized carbons (Fsp3) is 0.231. The molecule has 0 radical (unpaired) electrons. The van der Waals surface area contributed by atoms with E-state index in [0.29, 0.717) is 23.4 Å². The molecule has 0 aliphatic heterocycles. The van der Waals surface area contributed by atoms with E-state index in [1.807, 2.05) is 0 Å². The van der Waals surface area contributed by atoms with Crippen molar-refractivity contribution in [3.8, 4) is 5.69 Å². The van der Waals surface area contributed by atoms with Gasteiger partial charge in [-0.3, -0.25) is 9.89 Å². The first kappa shape index (κ1) is 13.1. The van der Waals surface area contributed by atoms with Crippen molar-refractivity contribution in [2.45, 2.75) is 13.3 Å². The predicted octanol–water partition coefficient (Wildman–Crippen LogP) is 0.707. The molecule has 0 atom stereocenters. The summed E-state index contributed by atoms with van der Waals surface area (Å²) >= 11 is 0. The van der Waals surface area contributed by atoms with Gasteiger partial charge in [-0.1, -0.05) is 0 Å². The molecular weight excluding hydrogens is 248 g/mol. The Kier molecular flexibility index (Phi) is 3.52. The lowest BCUT2D eigenvalue weighted by Gasteiger charge is -2.01. The maximum absolute atomic E-state index is 12.1. The second-order valence-corrected chi connectivity index (χ2v) is 4.18. The Labute approximate surface area is 108 Å². The maximum Gasteiger partial charge on any atom is 0.335 e. The van der Waals surface area contributed by atoms with Gasteiger partial charge in [0.1, 0.15) is 0 Å². The van der Waals surface area contributed by atoms with Crippen molar-refractivity contribution in [1.82, 2.24) is 9.78 Å². The van der Waals surface area contributed by atoms with Crippen molar-refractivity contribution in [3.05, 3.63) is 51.4 Å². The number of carbonyl (C=O) groups is 1. The minimum atomic E-state index is -1.01. The predicted molar refractivity (Wildman–Crippen MR) is 68.9 cm³/mol. The molecule has 3 N–H and O–H groups in total. The van der Waals surface area contributed by atoms with Crippen LogP contribution in [-0.2, 0) is 6.42 Å². The summed E-state index contributed by atoms with van der Waals surface area (Å²) in [5.74, 6) is -1.01. The fourth-order valence-electron chi connectivity index (χ4n) is 1.92. The molecule has 0 saturated heterocycles. The lowest BCUT2D eigenvalue weighted by atomic mass is 10.2. The van der Waals surface area contributed by atoms with Crippen LogP contribution in [0.25, 0.3) is 5.69 Å². The highest BCUT2D eigenvalue weighted by Crippen LogP contribution is 2.09. The first-order chi connectivity index (χ1) is 9.04. The minimum Gasteiger partial charge on any atom is -0.478 e. The summed E-state index contributed by atoms with van der Waals surface area (Å²) in [7, 11) is 0. The molecule has 0 spiro atoms. The molecule has 0 bridgehead atoms. The lowest BCUT2D eigenvalue weighted by Crippen LogP contribution is -2.18. The van der Waals surface area contributed by atoms with Gasteiger partial charge < -0.3 is 10.2 Å². The van der Waals surface area contributed by atoms with Crippen LogP contribution in [0, 0.1) is 6.92 Å². The molecule has 19 heavy (non-hydrogen) atoms.